The molecule has 2 aromatic carbocycles. The predicted octanol–water partition coefficient (Wildman–Crippen LogP) is 3.63. The maximum absolute atomic E-state index is 12.8. The molecule has 3 aromatic rings. The van der Waals surface area contributed by atoms with Gasteiger partial charge in [-0.05, 0) is 42.7 Å². The van der Waals surface area contributed by atoms with E-state index in [1.807, 2.05) is 54.4 Å². The average molecular weight is 364 g/mol. The van der Waals surface area contributed by atoms with Gasteiger partial charge in [-0.25, -0.2) is 9.78 Å². The lowest BCUT2D eigenvalue weighted by atomic mass is 10.2. The van der Waals surface area contributed by atoms with Gasteiger partial charge < -0.3 is 19.5 Å². The number of nitrogens with zero attached hydrogens (tertiary/aromatic N) is 3. The number of imidazole rings is 1. The lowest BCUT2D eigenvalue weighted by Gasteiger charge is -2.24. The number of benzene rings is 2. The summed E-state index contributed by atoms with van der Waals surface area (Å²) in [5.74, 6) is 1.76. The first-order valence-electron chi connectivity index (χ1n) is 9.26. The molecule has 6 nitrogen and oxygen atoms in total. The Kier molecular flexibility index (Phi) is 4.71. The van der Waals surface area contributed by atoms with Crippen molar-refractivity contribution in [1.29, 1.82) is 0 Å². The van der Waals surface area contributed by atoms with Crippen LogP contribution in [-0.4, -0.2) is 34.1 Å². The molecule has 1 aliphatic heterocycles. The van der Waals surface area contributed by atoms with Crippen LogP contribution in [0.25, 0.3) is 11.0 Å². The van der Waals surface area contributed by atoms with Crippen molar-refractivity contribution in [3.8, 4) is 5.75 Å². The van der Waals surface area contributed by atoms with E-state index in [-0.39, 0.29) is 12.1 Å². The zero-order valence-corrected chi connectivity index (χ0v) is 15.7. The summed E-state index contributed by atoms with van der Waals surface area (Å²) in [7, 11) is 3.67. The van der Waals surface area contributed by atoms with E-state index in [0.29, 0.717) is 6.54 Å². The molecule has 0 spiro atoms. The largest absolute Gasteiger partial charge is 0.497 e. The average Bonchev–Trinajstić information content (AvgIpc) is 3.31. The molecule has 0 aliphatic carbocycles. The molecule has 6 heteroatoms. The zero-order chi connectivity index (χ0) is 18.8. The summed E-state index contributed by atoms with van der Waals surface area (Å²) < 4.78 is 7.28. The molecule has 27 heavy (non-hydrogen) atoms. The molecule has 0 bridgehead atoms. The minimum Gasteiger partial charge on any atom is -0.497 e. The van der Waals surface area contributed by atoms with Crippen LogP contribution in [-0.2, 0) is 13.6 Å². The maximum atomic E-state index is 12.8. The van der Waals surface area contributed by atoms with Crippen LogP contribution in [0, 0.1) is 0 Å². The minimum absolute atomic E-state index is 0.0123. The van der Waals surface area contributed by atoms with Gasteiger partial charge in [0.25, 0.3) is 0 Å². The topological polar surface area (TPSA) is 59.4 Å². The van der Waals surface area contributed by atoms with Gasteiger partial charge in [0, 0.05) is 20.1 Å². The van der Waals surface area contributed by atoms with Crippen LogP contribution < -0.4 is 10.1 Å². The Morgan fingerprint density at radius 2 is 2.00 bits per heavy atom. The number of rotatable bonds is 4. The fourth-order valence-electron chi connectivity index (χ4n) is 3.76. The highest BCUT2D eigenvalue weighted by atomic mass is 16.5. The van der Waals surface area contributed by atoms with E-state index in [0.717, 1.165) is 47.6 Å². The number of carbonyl (C=O) groups excluding carboxylic acids is 1. The molecule has 4 rings (SSSR count). The standard InChI is InChI=1S/C21H24N4O2/c1-24-18-7-4-3-6-17(18)23-20(24)19-8-5-13-25(19)21(26)22-14-15-9-11-16(27-2)12-10-15/h3-4,6-7,9-12,19H,5,8,13-14H2,1-2H3,(H,22,26)/t19-/m0/s1. The monoisotopic (exact) mass is 364 g/mol. The number of methoxy groups -OCH3 is 1. The molecular formula is C21H24N4O2. The van der Waals surface area contributed by atoms with Crippen molar-refractivity contribution in [1.82, 2.24) is 19.8 Å². The highest BCUT2D eigenvalue weighted by molar-refractivity contribution is 5.77. The number of hydrogen-bond donors (Lipinski definition) is 1. The van der Waals surface area contributed by atoms with E-state index >= 15 is 0 Å². The predicted molar refractivity (Wildman–Crippen MR) is 105 cm³/mol. The van der Waals surface area contributed by atoms with E-state index in [1.54, 1.807) is 7.11 Å². The van der Waals surface area contributed by atoms with Gasteiger partial charge in [0.05, 0.1) is 24.2 Å². The molecule has 1 atom stereocenters. The normalized spacial score (nSPS) is 16.7. The van der Waals surface area contributed by atoms with Crippen LogP contribution in [0.4, 0.5) is 4.79 Å². The quantitative estimate of drug-likeness (QED) is 0.769. The second-order valence-corrected chi connectivity index (χ2v) is 6.88. The minimum atomic E-state index is -0.0413. The second kappa shape index (κ2) is 7.31. The number of hydrogen-bond acceptors (Lipinski definition) is 3. The van der Waals surface area contributed by atoms with Crippen molar-refractivity contribution in [2.75, 3.05) is 13.7 Å². The molecular weight excluding hydrogens is 340 g/mol. The van der Waals surface area contributed by atoms with Gasteiger partial charge in [0.1, 0.15) is 11.6 Å². The summed E-state index contributed by atoms with van der Waals surface area (Å²) in [5.41, 5.74) is 3.11. The van der Waals surface area contributed by atoms with Crippen LogP contribution in [0.3, 0.4) is 0 Å². The van der Waals surface area contributed by atoms with Crippen LogP contribution in [0.5, 0.6) is 5.75 Å². The van der Waals surface area contributed by atoms with Crippen LogP contribution in [0.2, 0.25) is 0 Å². The molecule has 1 saturated heterocycles. The molecule has 2 heterocycles. The lowest BCUT2D eigenvalue weighted by Crippen LogP contribution is -2.39. The number of aryl methyl sites for hydroxylation is 1. The van der Waals surface area contributed by atoms with Crippen LogP contribution in [0.15, 0.2) is 48.5 Å². The van der Waals surface area contributed by atoms with Crippen LogP contribution in [0.1, 0.15) is 30.3 Å². The lowest BCUT2D eigenvalue weighted by molar-refractivity contribution is 0.190. The molecule has 140 valence electrons. The van der Waals surface area contributed by atoms with E-state index in [2.05, 4.69) is 16.0 Å². The number of carbonyl (C=O) groups is 1. The Labute approximate surface area is 158 Å². The number of urea groups is 1. The Morgan fingerprint density at radius 1 is 1.22 bits per heavy atom. The van der Waals surface area contributed by atoms with E-state index < -0.39 is 0 Å². The van der Waals surface area contributed by atoms with Gasteiger partial charge in [-0.1, -0.05) is 24.3 Å². The first kappa shape index (κ1) is 17.4. The summed E-state index contributed by atoms with van der Waals surface area (Å²) in [6.45, 7) is 1.25. The van der Waals surface area contributed by atoms with Crippen molar-refractivity contribution in [3.05, 3.63) is 59.9 Å². The number of fused-ring (bicyclic) bond motifs is 1. The first-order valence-corrected chi connectivity index (χ1v) is 9.26. The summed E-state index contributed by atoms with van der Waals surface area (Å²) >= 11 is 0. The van der Waals surface area contributed by atoms with E-state index in [4.69, 9.17) is 9.72 Å². The molecule has 0 unspecified atom stereocenters. The zero-order valence-electron chi connectivity index (χ0n) is 15.7. The van der Waals surface area contributed by atoms with Gasteiger partial charge in [-0.2, -0.15) is 0 Å². The number of ether oxygens (including phenoxy) is 1. The Hall–Kier alpha value is -3.02. The maximum Gasteiger partial charge on any atom is 0.318 e. The molecule has 1 aromatic heterocycles. The highest BCUT2D eigenvalue weighted by Crippen LogP contribution is 2.32. The number of nitrogens with one attached hydrogen (secondary N) is 1. The number of aromatic nitrogens is 2. The van der Waals surface area contributed by atoms with Crippen molar-refractivity contribution in [2.24, 2.45) is 7.05 Å². The van der Waals surface area contributed by atoms with Gasteiger partial charge in [-0.15, -0.1) is 0 Å². The molecule has 1 aliphatic rings. The smallest absolute Gasteiger partial charge is 0.318 e. The van der Waals surface area contributed by atoms with Crippen molar-refractivity contribution >= 4 is 17.1 Å². The Balaban J connectivity index is 1.48. The summed E-state index contributed by atoms with van der Waals surface area (Å²) in [6.07, 6.45) is 1.93. The van der Waals surface area contributed by atoms with Crippen molar-refractivity contribution in [3.63, 3.8) is 0 Å². The first-order chi connectivity index (χ1) is 13.2. The number of para-hydroxylation sites is 2. The van der Waals surface area contributed by atoms with Crippen molar-refractivity contribution in [2.45, 2.75) is 25.4 Å². The van der Waals surface area contributed by atoms with Crippen molar-refractivity contribution < 1.29 is 9.53 Å². The van der Waals surface area contributed by atoms with Gasteiger partial charge in [0.2, 0.25) is 0 Å². The Morgan fingerprint density at radius 3 is 2.74 bits per heavy atom. The highest BCUT2D eigenvalue weighted by Gasteiger charge is 2.33. The molecule has 0 saturated carbocycles. The van der Waals surface area contributed by atoms with Crippen LogP contribution >= 0.6 is 0 Å². The second-order valence-electron chi connectivity index (χ2n) is 6.88. The summed E-state index contributed by atoms with van der Waals surface area (Å²) in [6, 6.07) is 15.8. The third-order valence-electron chi connectivity index (χ3n) is 5.24. The Bertz CT molecular complexity index is 948. The third kappa shape index (κ3) is 3.35. The molecule has 0 radical (unpaired) electrons. The van der Waals surface area contributed by atoms with E-state index in [9.17, 15) is 4.79 Å². The van der Waals surface area contributed by atoms with E-state index in [1.165, 1.54) is 0 Å². The fraction of sp³-hybridized carbons (Fsp3) is 0.333. The molecule has 1 N–H and O–H groups in total. The fourth-order valence-corrected chi connectivity index (χ4v) is 3.76. The number of likely N-dealkylation sites (tertiary alicyclic amines) is 1. The third-order valence-corrected chi connectivity index (χ3v) is 5.24. The van der Waals surface area contributed by atoms with Gasteiger partial charge >= 0.3 is 6.03 Å². The SMILES string of the molecule is COc1ccc(CNC(=O)N2CCC[C@H]2c2nc3ccccc3n2C)cc1. The van der Waals surface area contributed by atoms with Gasteiger partial charge in [-0.3, -0.25) is 0 Å². The summed E-state index contributed by atoms with van der Waals surface area (Å²) in [5, 5.41) is 3.04. The molecule has 1 fully saturated rings. The number of amides is 2. The molecule has 2 amide bonds. The van der Waals surface area contributed by atoms with Gasteiger partial charge in [0.15, 0.2) is 0 Å². The summed E-state index contributed by atoms with van der Waals surface area (Å²) in [4.78, 5) is 19.5.